The van der Waals surface area contributed by atoms with E-state index >= 15 is 0 Å². The lowest BCUT2D eigenvalue weighted by Crippen LogP contribution is -2.19. The molecule has 0 radical (unpaired) electrons. The number of nitrogens with zero attached hydrogens (tertiary/aromatic N) is 3. The van der Waals surface area contributed by atoms with Gasteiger partial charge in [-0.15, -0.1) is 0 Å². The minimum absolute atomic E-state index is 0.250. The standard InChI is InChI=1S/C24H22N6O2/c1-16-6-9-19(10-7-16)28-24(32)29-21-14-26-30(15-21)22-5-3-4-18(12-22)23(31)27-20-11-8-17(2)25-13-20/h3-15H,1-2H3,(H,27,31)(H2,28,29,32). The van der Waals surface area contributed by atoms with E-state index in [2.05, 4.69) is 26.0 Å². The lowest BCUT2D eigenvalue weighted by molar-refractivity contribution is 0.102. The fraction of sp³-hybridized carbons (Fsp3) is 0.0833. The lowest BCUT2D eigenvalue weighted by atomic mass is 10.2. The molecule has 32 heavy (non-hydrogen) atoms. The van der Waals surface area contributed by atoms with E-state index < -0.39 is 0 Å². The van der Waals surface area contributed by atoms with Gasteiger partial charge in [0.15, 0.2) is 0 Å². The van der Waals surface area contributed by atoms with Gasteiger partial charge in [-0.25, -0.2) is 9.48 Å². The summed E-state index contributed by atoms with van der Waals surface area (Å²) >= 11 is 0. The third-order valence-corrected chi connectivity index (χ3v) is 4.69. The highest BCUT2D eigenvalue weighted by Gasteiger charge is 2.10. The summed E-state index contributed by atoms with van der Waals surface area (Å²) in [4.78, 5) is 29.0. The molecular formula is C24H22N6O2. The van der Waals surface area contributed by atoms with Crippen LogP contribution in [0.3, 0.4) is 0 Å². The van der Waals surface area contributed by atoms with Crippen LogP contribution >= 0.6 is 0 Å². The van der Waals surface area contributed by atoms with Crippen LogP contribution in [0.1, 0.15) is 21.6 Å². The predicted molar refractivity (Wildman–Crippen MR) is 124 cm³/mol. The zero-order valence-electron chi connectivity index (χ0n) is 17.7. The average Bonchev–Trinajstić information content (AvgIpc) is 3.25. The van der Waals surface area contributed by atoms with Crippen molar-refractivity contribution in [1.29, 1.82) is 0 Å². The zero-order valence-corrected chi connectivity index (χ0v) is 17.7. The van der Waals surface area contributed by atoms with Crippen molar-refractivity contribution >= 4 is 29.0 Å². The van der Waals surface area contributed by atoms with Crippen molar-refractivity contribution < 1.29 is 9.59 Å². The summed E-state index contributed by atoms with van der Waals surface area (Å²) in [6, 6.07) is 17.8. The average molecular weight is 426 g/mol. The van der Waals surface area contributed by atoms with Crippen molar-refractivity contribution in [2.24, 2.45) is 0 Å². The van der Waals surface area contributed by atoms with Gasteiger partial charge in [-0.3, -0.25) is 9.78 Å². The molecule has 0 fully saturated rings. The number of nitrogens with one attached hydrogen (secondary N) is 3. The van der Waals surface area contributed by atoms with E-state index in [0.717, 1.165) is 11.3 Å². The first-order valence-corrected chi connectivity index (χ1v) is 10.00. The summed E-state index contributed by atoms with van der Waals surface area (Å²) in [5.41, 5.74) is 5.00. The fourth-order valence-corrected chi connectivity index (χ4v) is 2.99. The summed E-state index contributed by atoms with van der Waals surface area (Å²) in [5, 5.41) is 12.6. The number of carbonyl (C=O) groups is 2. The number of urea groups is 1. The van der Waals surface area contributed by atoms with E-state index in [0.29, 0.717) is 28.3 Å². The number of benzene rings is 2. The molecular weight excluding hydrogens is 404 g/mol. The SMILES string of the molecule is Cc1ccc(NC(=O)Nc2cnn(-c3cccc(C(=O)Nc4ccc(C)nc4)c3)c2)cc1. The third-order valence-electron chi connectivity index (χ3n) is 4.69. The summed E-state index contributed by atoms with van der Waals surface area (Å²) < 4.78 is 1.59. The second kappa shape index (κ2) is 9.13. The molecule has 2 heterocycles. The molecule has 0 aliphatic carbocycles. The van der Waals surface area contributed by atoms with Gasteiger partial charge in [0.25, 0.3) is 5.91 Å². The Balaban J connectivity index is 1.42. The number of hydrogen-bond acceptors (Lipinski definition) is 4. The van der Waals surface area contributed by atoms with Gasteiger partial charge in [-0.2, -0.15) is 5.10 Å². The molecule has 0 spiro atoms. The largest absolute Gasteiger partial charge is 0.323 e. The first-order chi connectivity index (χ1) is 15.5. The topological polar surface area (TPSA) is 101 Å². The maximum absolute atomic E-state index is 12.6. The van der Waals surface area contributed by atoms with Crippen molar-refractivity contribution in [2.45, 2.75) is 13.8 Å². The smallest absolute Gasteiger partial charge is 0.321 e. The zero-order chi connectivity index (χ0) is 22.5. The summed E-state index contributed by atoms with van der Waals surface area (Å²) in [6.07, 6.45) is 4.83. The van der Waals surface area contributed by atoms with Crippen LogP contribution in [0.4, 0.5) is 21.9 Å². The van der Waals surface area contributed by atoms with Crippen LogP contribution in [0.25, 0.3) is 5.69 Å². The van der Waals surface area contributed by atoms with E-state index in [9.17, 15) is 9.59 Å². The van der Waals surface area contributed by atoms with Crippen molar-refractivity contribution in [3.63, 3.8) is 0 Å². The second-order valence-electron chi connectivity index (χ2n) is 7.31. The molecule has 0 saturated heterocycles. The number of rotatable bonds is 5. The number of carbonyl (C=O) groups excluding carboxylic acids is 2. The monoisotopic (exact) mass is 426 g/mol. The number of pyridine rings is 1. The van der Waals surface area contributed by atoms with Crippen molar-refractivity contribution in [3.05, 3.63) is 96.1 Å². The fourth-order valence-electron chi connectivity index (χ4n) is 2.99. The summed E-state index contributed by atoms with van der Waals surface area (Å²) in [7, 11) is 0. The first kappa shape index (κ1) is 20.8. The minimum atomic E-state index is -0.367. The molecule has 2 aromatic carbocycles. The van der Waals surface area contributed by atoms with Crippen LogP contribution in [0.2, 0.25) is 0 Å². The first-order valence-electron chi connectivity index (χ1n) is 10.00. The second-order valence-corrected chi connectivity index (χ2v) is 7.31. The van der Waals surface area contributed by atoms with Gasteiger partial charge >= 0.3 is 6.03 Å². The minimum Gasteiger partial charge on any atom is -0.321 e. The maximum Gasteiger partial charge on any atom is 0.323 e. The molecule has 160 valence electrons. The highest BCUT2D eigenvalue weighted by atomic mass is 16.2. The number of aromatic nitrogens is 3. The molecule has 0 atom stereocenters. The lowest BCUT2D eigenvalue weighted by Gasteiger charge is -2.07. The number of aryl methyl sites for hydroxylation is 2. The quantitative estimate of drug-likeness (QED) is 0.427. The van der Waals surface area contributed by atoms with Crippen molar-refractivity contribution in [2.75, 3.05) is 16.0 Å². The van der Waals surface area contributed by atoms with Gasteiger partial charge < -0.3 is 16.0 Å². The van der Waals surface area contributed by atoms with Crippen LogP contribution in [0.5, 0.6) is 0 Å². The van der Waals surface area contributed by atoms with E-state index in [1.165, 1.54) is 0 Å². The molecule has 4 aromatic rings. The van der Waals surface area contributed by atoms with Gasteiger partial charge in [0.05, 0.1) is 35.7 Å². The van der Waals surface area contributed by atoms with Crippen LogP contribution in [0.15, 0.2) is 79.3 Å². The molecule has 3 amide bonds. The number of hydrogen-bond donors (Lipinski definition) is 3. The highest BCUT2D eigenvalue weighted by molar-refractivity contribution is 6.04. The van der Waals surface area contributed by atoms with Crippen LogP contribution in [0, 0.1) is 13.8 Å². The summed E-state index contributed by atoms with van der Waals surface area (Å²) in [6.45, 7) is 3.87. The Morgan fingerprint density at radius 1 is 0.812 bits per heavy atom. The van der Waals surface area contributed by atoms with Gasteiger partial charge in [-0.1, -0.05) is 23.8 Å². The Morgan fingerprint density at radius 2 is 1.56 bits per heavy atom. The Bertz CT molecular complexity index is 1250. The molecule has 0 aliphatic rings. The van der Waals surface area contributed by atoms with Crippen molar-refractivity contribution in [1.82, 2.24) is 14.8 Å². The van der Waals surface area contributed by atoms with E-state index in [4.69, 9.17) is 0 Å². The van der Waals surface area contributed by atoms with Crippen LogP contribution in [-0.4, -0.2) is 26.7 Å². The van der Waals surface area contributed by atoms with Crippen LogP contribution in [-0.2, 0) is 0 Å². The summed E-state index contributed by atoms with van der Waals surface area (Å²) in [5.74, 6) is -0.250. The predicted octanol–water partition coefficient (Wildman–Crippen LogP) is 4.78. The van der Waals surface area contributed by atoms with E-state index in [-0.39, 0.29) is 11.9 Å². The van der Waals surface area contributed by atoms with Gasteiger partial charge in [0.2, 0.25) is 0 Å². The highest BCUT2D eigenvalue weighted by Crippen LogP contribution is 2.16. The Labute approximate surface area is 185 Å². The Morgan fingerprint density at radius 3 is 2.31 bits per heavy atom. The third kappa shape index (κ3) is 5.17. The van der Waals surface area contributed by atoms with Crippen molar-refractivity contribution in [3.8, 4) is 5.69 Å². The van der Waals surface area contributed by atoms with Crippen LogP contribution < -0.4 is 16.0 Å². The number of amides is 3. The molecule has 0 unspecified atom stereocenters. The van der Waals surface area contributed by atoms with Gasteiger partial charge in [-0.05, 0) is 56.3 Å². The Kier molecular flexibility index (Phi) is 5.94. The molecule has 0 bridgehead atoms. The molecule has 0 aliphatic heterocycles. The molecule has 4 rings (SSSR count). The molecule has 2 aromatic heterocycles. The molecule has 8 nitrogen and oxygen atoms in total. The normalized spacial score (nSPS) is 10.4. The van der Waals surface area contributed by atoms with Gasteiger partial charge in [0, 0.05) is 16.9 Å². The maximum atomic E-state index is 12.6. The molecule has 3 N–H and O–H groups in total. The molecule has 8 heteroatoms. The van der Waals surface area contributed by atoms with E-state index in [1.807, 2.05) is 50.2 Å². The molecule has 0 saturated carbocycles. The number of anilines is 3. The van der Waals surface area contributed by atoms with E-state index in [1.54, 1.807) is 47.5 Å². The van der Waals surface area contributed by atoms with Gasteiger partial charge in [0.1, 0.15) is 0 Å². The Hall–Kier alpha value is -4.46.